The molecule has 1 aliphatic heterocycles. The van der Waals surface area contributed by atoms with Gasteiger partial charge in [0.15, 0.2) is 5.84 Å². The van der Waals surface area contributed by atoms with Crippen molar-refractivity contribution in [2.24, 2.45) is 10.9 Å². The summed E-state index contributed by atoms with van der Waals surface area (Å²) in [4.78, 5) is 2.37. The highest BCUT2D eigenvalue weighted by atomic mass is 19.1. The normalized spacial score (nSPS) is 21.7. The van der Waals surface area contributed by atoms with Gasteiger partial charge in [0, 0.05) is 18.2 Å². The summed E-state index contributed by atoms with van der Waals surface area (Å²) in [5.74, 6) is -0.416. The van der Waals surface area contributed by atoms with Gasteiger partial charge in [-0.2, -0.15) is 0 Å². The van der Waals surface area contributed by atoms with Crippen LogP contribution in [0.3, 0.4) is 0 Å². The summed E-state index contributed by atoms with van der Waals surface area (Å²) in [6.45, 7) is 3.95. The third-order valence-electron chi connectivity index (χ3n) is 3.94. The summed E-state index contributed by atoms with van der Waals surface area (Å²) < 4.78 is 13.6. The number of halogens is 1. The number of oxime groups is 1. The van der Waals surface area contributed by atoms with Crippen molar-refractivity contribution in [1.29, 1.82) is 0 Å². The second-order valence-electron chi connectivity index (χ2n) is 5.50. The van der Waals surface area contributed by atoms with E-state index >= 15 is 0 Å². The van der Waals surface area contributed by atoms with E-state index in [0.29, 0.717) is 18.2 Å². The standard InChI is InChI=1S/C15H22FN3O/c1-11-5-3-2-4-6-19(11)10-12-7-13(15(17)18-20)9-14(16)8-12/h7-9,11,20H,2-6,10H2,1H3,(H2,17,18). The van der Waals surface area contributed by atoms with Gasteiger partial charge in [-0.3, -0.25) is 4.90 Å². The van der Waals surface area contributed by atoms with Crippen molar-refractivity contribution >= 4 is 5.84 Å². The molecule has 110 valence electrons. The predicted octanol–water partition coefficient (Wildman–Crippen LogP) is 2.68. The maximum atomic E-state index is 13.6. The summed E-state index contributed by atoms with van der Waals surface area (Å²) in [5, 5.41) is 11.6. The van der Waals surface area contributed by atoms with Gasteiger partial charge in [-0.15, -0.1) is 0 Å². The molecule has 1 unspecified atom stereocenters. The fourth-order valence-electron chi connectivity index (χ4n) is 2.75. The van der Waals surface area contributed by atoms with E-state index < -0.39 is 0 Å². The smallest absolute Gasteiger partial charge is 0.170 e. The number of nitrogens with two attached hydrogens (primary N) is 1. The molecule has 0 aliphatic carbocycles. The van der Waals surface area contributed by atoms with Crippen molar-refractivity contribution in [3.63, 3.8) is 0 Å². The largest absolute Gasteiger partial charge is 0.409 e. The average Bonchev–Trinajstić information content (AvgIpc) is 2.62. The molecule has 0 amide bonds. The number of nitrogens with zero attached hydrogens (tertiary/aromatic N) is 2. The summed E-state index contributed by atoms with van der Waals surface area (Å²) in [5.41, 5.74) is 6.82. The van der Waals surface area contributed by atoms with E-state index in [1.807, 2.05) is 0 Å². The summed E-state index contributed by atoms with van der Waals surface area (Å²) >= 11 is 0. The lowest BCUT2D eigenvalue weighted by Gasteiger charge is -2.27. The van der Waals surface area contributed by atoms with Crippen LogP contribution in [0.1, 0.15) is 43.7 Å². The molecular weight excluding hydrogens is 257 g/mol. The number of rotatable bonds is 3. The van der Waals surface area contributed by atoms with Gasteiger partial charge >= 0.3 is 0 Å². The predicted molar refractivity (Wildman–Crippen MR) is 77.3 cm³/mol. The van der Waals surface area contributed by atoms with Gasteiger partial charge in [-0.05, 0) is 50.1 Å². The Bertz CT molecular complexity index is 490. The average molecular weight is 279 g/mol. The van der Waals surface area contributed by atoms with Gasteiger partial charge in [0.05, 0.1) is 0 Å². The monoisotopic (exact) mass is 279 g/mol. The minimum absolute atomic E-state index is 0.0605. The zero-order chi connectivity index (χ0) is 14.5. The summed E-state index contributed by atoms with van der Waals surface area (Å²) in [6.07, 6.45) is 4.89. The van der Waals surface area contributed by atoms with Crippen molar-refractivity contribution in [2.75, 3.05) is 6.54 Å². The van der Waals surface area contributed by atoms with Crippen molar-refractivity contribution in [1.82, 2.24) is 4.90 Å². The minimum Gasteiger partial charge on any atom is -0.409 e. The molecule has 0 saturated carbocycles. The lowest BCUT2D eigenvalue weighted by molar-refractivity contribution is 0.204. The van der Waals surface area contributed by atoms with Gasteiger partial charge in [-0.25, -0.2) is 4.39 Å². The first-order valence-electron chi connectivity index (χ1n) is 7.11. The lowest BCUT2D eigenvalue weighted by atomic mass is 10.1. The summed E-state index contributed by atoms with van der Waals surface area (Å²) in [6, 6.07) is 5.10. The molecule has 20 heavy (non-hydrogen) atoms. The van der Waals surface area contributed by atoms with Crippen molar-refractivity contribution < 1.29 is 9.60 Å². The third-order valence-corrected chi connectivity index (χ3v) is 3.94. The molecular formula is C15H22FN3O. The second-order valence-corrected chi connectivity index (χ2v) is 5.50. The molecule has 1 fully saturated rings. The Morgan fingerprint density at radius 3 is 2.95 bits per heavy atom. The molecule has 1 aromatic rings. The van der Waals surface area contributed by atoms with Gasteiger partial charge in [-0.1, -0.05) is 18.0 Å². The van der Waals surface area contributed by atoms with Crippen LogP contribution in [0.4, 0.5) is 4.39 Å². The Hall–Kier alpha value is -1.62. The van der Waals surface area contributed by atoms with Crippen LogP contribution in [0, 0.1) is 5.82 Å². The molecule has 0 spiro atoms. The van der Waals surface area contributed by atoms with Gasteiger partial charge in [0.25, 0.3) is 0 Å². The third kappa shape index (κ3) is 3.70. The molecule has 2 rings (SSSR count). The van der Waals surface area contributed by atoms with Crippen LogP contribution in [-0.4, -0.2) is 28.5 Å². The molecule has 5 heteroatoms. The van der Waals surface area contributed by atoms with Crippen molar-refractivity contribution in [2.45, 2.75) is 45.2 Å². The zero-order valence-electron chi connectivity index (χ0n) is 11.8. The second kappa shape index (κ2) is 6.70. The first kappa shape index (κ1) is 14.8. The molecule has 1 saturated heterocycles. The molecule has 0 radical (unpaired) electrons. The first-order chi connectivity index (χ1) is 9.60. The minimum atomic E-state index is -0.355. The Morgan fingerprint density at radius 2 is 2.20 bits per heavy atom. The first-order valence-corrected chi connectivity index (χ1v) is 7.11. The summed E-state index contributed by atoms with van der Waals surface area (Å²) in [7, 11) is 0. The number of hydrogen-bond donors (Lipinski definition) is 2. The van der Waals surface area contributed by atoms with E-state index in [-0.39, 0.29) is 11.7 Å². The van der Waals surface area contributed by atoms with E-state index in [2.05, 4.69) is 17.0 Å². The molecule has 4 nitrogen and oxygen atoms in total. The number of amidine groups is 1. The van der Waals surface area contributed by atoms with E-state index in [9.17, 15) is 4.39 Å². The van der Waals surface area contributed by atoms with Crippen LogP contribution in [0.5, 0.6) is 0 Å². The van der Waals surface area contributed by atoms with Gasteiger partial charge in [0.1, 0.15) is 5.82 Å². The lowest BCUT2D eigenvalue weighted by Crippen LogP contribution is -2.32. The number of likely N-dealkylation sites (tertiary alicyclic amines) is 1. The highest BCUT2D eigenvalue weighted by Gasteiger charge is 2.17. The fraction of sp³-hybridized carbons (Fsp3) is 0.533. The molecule has 1 aliphatic rings. The van der Waals surface area contributed by atoms with E-state index in [4.69, 9.17) is 10.9 Å². The molecule has 1 atom stereocenters. The Balaban J connectivity index is 2.17. The van der Waals surface area contributed by atoms with Crippen LogP contribution in [-0.2, 0) is 6.54 Å². The molecule has 0 bridgehead atoms. The molecule has 1 heterocycles. The van der Waals surface area contributed by atoms with E-state index in [0.717, 1.165) is 12.1 Å². The Kier molecular flexibility index (Phi) is 4.95. The van der Waals surface area contributed by atoms with Crippen LogP contribution >= 0.6 is 0 Å². The van der Waals surface area contributed by atoms with Crippen molar-refractivity contribution in [3.8, 4) is 0 Å². The van der Waals surface area contributed by atoms with E-state index in [1.165, 1.54) is 37.8 Å². The number of hydrogen-bond acceptors (Lipinski definition) is 3. The van der Waals surface area contributed by atoms with Crippen LogP contribution in [0.25, 0.3) is 0 Å². The maximum Gasteiger partial charge on any atom is 0.170 e. The van der Waals surface area contributed by atoms with E-state index in [1.54, 1.807) is 6.07 Å². The quantitative estimate of drug-likeness (QED) is 0.387. The Morgan fingerprint density at radius 1 is 1.40 bits per heavy atom. The van der Waals surface area contributed by atoms with Gasteiger partial charge < -0.3 is 10.9 Å². The number of benzene rings is 1. The van der Waals surface area contributed by atoms with Gasteiger partial charge in [0.2, 0.25) is 0 Å². The Labute approximate surface area is 119 Å². The van der Waals surface area contributed by atoms with Crippen LogP contribution in [0.15, 0.2) is 23.4 Å². The van der Waals surface area contributed by atoms with Crippen LogP contribution in [0.2, 0.25) is 0 Å². The SMILES string of the molecule is CC1CCCCCN1Cc1cc(F)cc(/C(N)=N/O)c1. The zero-order valence-corrected chi connectivity index (χ0v) is 11.8. The highest BCUT2D eigenvalue weighted by Crippen LogP contribution is 2.20. The molecule has 1 aromatic carbocycles. The van der Waals surface area contributed by atoms with Crippen molar-refractivity contribution in [3.05, 3.63) is 35.1 Å². The molecule has 3 N–H and O–H groups in total. The topological polar surface area (TPSA) is 61.8 Å². The highest BCUT2D eigenvalue weighted by molar-refractivity contribution is 5.97. The molecule has 0 aromatic heterocycles. The van der Waals surface area contributed by atoms with Crippen LogP contribution < -0.4 is 5.73 Å². The maximum absolute atomic E-state index is 13.6. The fourth-order valence-corrected chi connectivity index (χ4v) is 2.75.